The molecule has 0 aliphatic carbocycles. The fourth-order valence-corrected chi connectivity index (χ4v) is 4.62. The second kappa shape index (κ2) is 10.5. The summed E-state index contributed by atoms with van der Waals surface area (Å²) in [5.74, 6) is -0.535. The highest BCUT2D eigenvalue weighted by atomic mass is 35.5. The first-order chi connectivity index (χ1) is 16.2. The topological polar surface area (TPSA) is 123 Å². The monoisotopic (exact) mass is 507 g/mol. The summed E-state index contributed by atoms with van der Waals surface area (Å²) in [4.78, 5) is 32.5. The summed E-state index contributed by atoms with van der Waals surface area (Å²) in [5, 5.41) is 15.5. The van der Waals surface area contributed by atoms with Crippen molar-refractivity contribution in [3.63, 3.8) is 0 Å². The van der Waals surface area contributed by atoms with E-state index in [4.69, 9.17) is 25.8 Å². The fourth-order valence-electron chi connectivity index (χ4n) is 3.48. The van der Waals surface area contributed by atoms with Crippen LogP contribution < -0.4 is 10.9 Å². The Hall–Kier alpha value is -2.34. The second-order valence-electron chi connectivity index (χ2n) is 8.61. The maximum Gasteiger partial charge on any atom is 0.287 e. The van der Waals surface area contributed by atoms with E-state index in [0.29, 0.717) is 27.4 Å². The van der Waals surface area contributed by atoms with Crippen molar-refractivity contribution in [2.75, 3.05) is 19.8 Å². The van der Waals surface area contributed by atoms with Gasteiger partial charge in [-0.15, -0.1) is 11.3 Å². The van der Waals surface area contributed by atoms with Crippen molar-refractivity contribution in [3.05, 3.63) is 62.0 Å². The van der Waals surface area contributed by atoms with Crippen molar-refractivity contribution in [3.8, 4) is 0 Å². The third-order valence-electron chi connectivity index (χ3n) is 5.39. The number of fused-ring (bicyclic) bond motifs is 1. The first-order valence-electron chi connectivity index (χ1n) is 10.8. The van der Waals surface area contributed by atoms with Gasteiger partial charge >= 0.3 is 0 Å². The van der Waals surface area contributed by atoms with Gasteiger partial charge in [-0.3, -0.25) is 9.59 Å². The molecular weight excluding hydrogens is 482 g/mol. The van der Waals surface area contributed by atoms with E-state index in [1.54, 1.807) is 37.4 Å². The smallest absolute Gasteiger partial charge is 0.287 e. The Balaban J connectivity index is 1.34. The Morgan fingerprint density at radius 1 is 1.38 bits per heavy atom. The Kier molecular flexibility index (Phi) is 7.66. The lowest BCUT2D eigenvalue weighted by Gasteiger charge is -2.35. The number of thiophene rings is 1. The van der Waals surface area contributed by atoms with Gasteiger partial charge in [0.05, 0.1) is 37.4 Å². The molecule has 1 aromatic carbocycles. The zero-order chi connectivity index (χ0) is 24.3. The molecule has 182 valence electrons. The van der Waals surface area contributed by atoms with E-state index in [-0.39, 0.29) is 44.4 Å². The average Bonchev–Trinajstić information content (AvgIpc) is 3.21. The van der Waals surface area contributed by atoms with Gasteiger partial charge in [-0.2, -0.15) is 0 Å². The standard InChI is InChI=1S/C23H26ClN3O6S/c1-23(2,30)17-11-32-16(10-33-17)9-31-8-14-12-34-22-18(14)20(28)26-19(27-22)21(29)25-7-13-4-3-5-15(24)6-13/h3-6,12,16-17,30H,7-11H2,1-2H3,(H,25,29)(H,26,27,28). The number of nitrogens with one attached hydrogen (secondary N) is 2. The number of carbonyl (C=O) groups excluding carboxylic acids is 1. The van der Waals surface area contributed by atoms with Crippen molar-refractivity contribution in [2.24, 2.45) is 0 Å². The van der Waals surface area contributed by atoms with Crippen LogP contribution in [0.4, 0.5) is 0 Å². The predicted molar refractivity (Wildman–Crippen MR) is 128 cm³/mol. The first-order valence-corrected chi connectivity index (χ1v) is 12.0. The molecule has 0 spiro atoms. The quantitative estimate of drug-likeness (QED) is 0.428. The van der Waals surface area contributed by atoms with Crippen LogP contribution >= 0.6 is 22.9 Å². The van der Waals surface area contributed by atoms with Gasteiger partial charge in [0.25, 0.3) is 11.5 Å². The number of nitrogens with zero attached hydrogens (tertiary/aromatic N) is 1. The number of H-pyrrole nitrogens is 1. The molecule has 3 N–H and O–H groups in total. The summed E-state index contributed by atoms with van der Waals surface area (Å²) in [5.41, 5.74) is 0.150. The fraction of sp³-hybridized carbons (Fsp3) is 0.435. The largest absolute Gasteiger partial charge is 0.388 e. The van der Waals surface area contributed by atoms with Crippen molar-refractivity contribution in [2.45, 2.75) is 44.8 Å². The normalized spacial score (nSPS) is 18.8. The van der Waals surface area contributed by atoms with Crippen LogP contribution in [0.25, 0.3) is 10.2 Å². The number of aromatic amines is 1. The molecule has 0 bridgehead atoms. The Morgan fingerprint density at radius 2 is 2.21 bits per heavy atom. The summed E-state index contributed by atoms with van der Waals surface area (Å²) in [6.45, 7) is 4.69. The molecule has 0 radical (unpaired) electrons. The summed E-state index contributed by atoms with van der Waals surface area (Å²) >= 11 is 7.24. The molecule has 3 aromatic rings. The zero-order valence-corrected chi connectivity index (χ0v) is 20.4. The van der Waals surface area contributed by atoms with E-state index in [0.717, 1.165) is 5.56 Å². The number of rotatable bonds is 8. The number of hydrogen-bond acceptors (Lipinski definition) is 8. The van der Waals surface area contributed by atoms with Crippen LogP contribution in [0.5, 0.6) is 0 Å². The van der Waals surface area contributed by atoms with Gasteiger partial charge in [-0.05, 0) is 36.9 Å². The van der Waals surface area contributed by atoms with Crippen molar-refractivity contribution < 1.29 is 24.1 Å². The molecule has 1 aliphatic heterocycles. The number of halogens is 1. The Morgan fingerprint density at radius 3 is 2.91 bits per heavy atom. The molecule has 9 nitrogen and oxygen atoms in total. The third-order valence-corrected chi connectivity index (χ3v) is 6.55. The highest BCUT2D eigenvalue weighted by molar-refractivity contribution is 7.16. The van der Waals surface area contributed by atoms with Gasteiger partial charge < -0.3 is 29.6 Å². The number of ether oxygens (including phenoxy) is 3. The number of aliphatic hydroxyl groups is 1. The van der Waals surface area contributed by atoms with E-state index in [2.05, 4.69) is 15.3 Å². The highest BCUT2D eigenvalue weighted by Crippen LogP contribution is 2.23. The van der Waals surface area contributed by atoms with E-state index in [1.165, 1.54) is 11.3 Å². The maximum absolute atomic E-state index is 12.7. The van der Waals surface area contributed by atoms with Gasteiger partial charge in [-0.25, -0.2) is 4.98 Å². The summed E-state index contributed by atoms with van der Waals surface area (Å²) in [6, 6.07) is 7.14. The number of carbonyl (C=O) groups is 1. The zero-order valence-electron chi connectivity index (χ0n) is 18.8. The van der Waals surface area contributed by atoms with Gasteiger partial charge in [-0.1, -0.05) is 23.7 Å². The molecule has 2 aromatic heterocycles. The summed E-state index contributed by atoms with van der Waals surface area (Å²) in [6.07, 6.45) is -0.638. The molecule has 2 unspecified atom stereocenters. The molecule has 1 fully saturated rings. The summed E-state index contributed by atoms with van der Waals surface area (Å²) in [7, 11) is 0. The lowest BCUT2D eigenvalue weighted by atomic mass is 10.0. The Bertz CT molecular complexity index is 1210. The molecule has 1 amide bonds. The van der Waals surface area contributed by atoms with Crippen LogP contribution in [0.1, 0.15) is 35.6 Å². The summed E-state index contributed by atoms with van der Waals surface area (Å²) < 4.78 is 17.1. The molecule has 0 saturated carbocycles. The molecule has 3 heterocycles. The number of hydrogen-bond donors (Lipinski definition) is 3. The molecule has 2 atom stereocenters. The van der Waals surface area contributed by atoms with E-state index < -0.39 is 17.1 Å². The molecular formula is C23H26ClN3O6S. The number of aromatic nitrogens is 2. The van der Waals surface area contributed by atoms with Crippen LogP contribution in [0, 0.1) is 0 Å². The molecule has 11 heteroatoms. The van der Waals surface area contributed by atoms with Crippen LogP contribution in [-0.4, -0.2) is 58.6 Å². The van der Waals surface area contributed by atoms with Crippen LogP contribution in [0.15, 0.2) is 34.4 Å². The van der Waals surface area contributed by atoms with E-state index in [1.807, 2.05) is 6.07 Å². The second-order valence-corrected chi connectivity index (χ2v) is 9.91. The van der Waals surface area contributed by atoms with Crippen molar-refractivity contribution >= 4 is 39.1 Å². The highest BCUT2D eigenvalue weighted by Gasteiger charge is 2.33. The van der Waals surface area contributed by atoms with Gasteiger partial charge in [0.15, 0.2) is 0 Å². The predicted octanol–water partition coefficient (Wildman–Crippen LogP) is 2.64. The van der Waals surface area contributed by atoms with Crippen LogP contribution in [-0.2, 0) is 27.4 Å². The van der Waals surface area contributed by atoms with Gasteiger partial charge in [0.2, 0.25) is 5.82 Å². The minimum atomic E-state index is -0.972. The number of amides is 1. The van der Waals surface area contributed by atoms with Crippen LogP contribution in [0.3, 0.4) is 0 Å². The average molecular weight is 508 g/mol. The molecule has 1 saturated heterocycles. The van der Waals surface area contributed by atoms with Gasteiger partial charge in [0.1, 0.15) is 17.0 Å². The minimum absolute atomic E-state index is 0.0528. The molecule has 4 rings (SSSR count). The van der Waals surface area contributed by atoms with Crippen LogP contribution in [0.2, 0.25) is 5.02 Å². The van der Waals surface area contributed by atoms with E-state index >= 15 is 0 Å². The van der Waals surface area contributed by atoms with Gasteiger partial charge in [0, 0.05) is 17.1 Å². The minimum Gasteiger partial charge on any atom is -0.388 e. The maximum atomic E-state index is 12.7. The first kappa shape index (κ1) is 24.8. The SMILES string of the molecule is CC(C)(O)C1COC(COCc2csc3nc(C(=O)NCc4cccc(Cl)c4)[nH]c(=O)c23)CO1. The molecule has 1 aliphatic rings. The third kappa shape index (κ3) is 6.01. The van der Waals surface area contributed by atoms with E-state index in [9.17, 15) is 14.7 Å². The lowest BCUT2D eigenvalue weighted by Crippen LogP contribution is -2.48. The molecule has 34 heavy (non-hydrogen) atoms. The lowest BCUT2D eigenvalue weighted by molar-refractivity contribution is -0.200. The van der Waals surface area contributed by atoms with Crippen molar-refractivity contribution in [1.29, 1.82) is 0 Å². The Labute approximate surface area is 205 Å². The number of benzene rings is 1. The van der Waals surface area contributed by atoms with Crippen molar-refractivity contribution in [1.82, 2.24) is 15.3 Å².